The van der Waals surface area contributed by atoms with Crippen LogP contribution in [-0.4, -0.2) is 99.6 Å². The van der Waals surface area contributed by atoms with Gasteiger partial charge in [-0.15, -0.1) is 0 Å². The second kappa shape index (κ2) is 53.5. The van der Waals surface area contributed by atoms with Gasteiger partial charge in [0.1, 0.15) is 24.4 Å². The quantitative estimate of drug-likeness (QED) is 0.0195. The van der Waals surface area contributed by atoms with E-state index in [2.05, 4.69) is 38.2 Å². The molecule has 11 heteroatoms. The summed E-state index contributed by atoms with van der Waals surface area (Å²) in [4.78, 5) is 26.5. The maximum atomic E-state index is 13.3. The molecule has 0 aromatic rings. The Kier molecular flexibility index (Phi) is 50.6. The molecule has 1 aliphatic heterocycles. The van der Waals surface area contributed by atoms with Crippen molar-refractivity contribution < 1.29 is 49.3 Å². The Morgan fingerprint density at radius 2 is 0.908 bits per heavy atom. The van der Waals surface area contributed by atoms with Crippen molar-refractivity contribution in [2.45, 2.75) is 352 Å². The van der Waals surface area contributed by atoms with Crippen molar-refractivity contribution >= 4 is 11.9 Å². The fourth-order valence-electron chi connectivity index (χ4n) is 10.2. The highest BCUT2D eigenvalue weighted by molar-refractivity contribution is 5.81. The lowest BCUT2D eigenvalue weighted by molar-refractivity contribution is -0.305. The SMILES string of the molecule is CCCCCCCC/C=C\C/C=C/CC(O)C(=O)NC(COC1OC(CO)C(O)C(O)C1OC(=O)CCCCCCCCCCCCCCCCCCCCCCCCC)C(O)/C=C/CCCCCCCCCCCC. The first kappa shape index (κ1) is 71.9. The fraction of sp³-hybridized carbons (Fsp3) is 0.877. The lowest BCUT2D eigenvalue weighted by Gasteiger charge is -2.41. The highest BCUT2D eigenvalue weighted by Gasteiger charge is 2.47. The second-order valence-electron chi connectivity index (χ2n) is 22.5. The van der Waals surface area contributed by atoms with Crippen LogP contribution in [0.3, 0.4) is 0 Å². The van der Waals surface area contributed by atoms with Gasteiger partial charge in [0.25, 0.3) is 0 Å². The van der Waals surface area contributed by atoms with Gasteiger partial charge in [0.2, 0.25) is 5.91 Å². The Hall–Kier alpha value is -2.12. The number of hydrogen-bond acceptors (Lipinski definition) is 10. The number of aliphatic hydroxyl groups is 5. The molecule has 1 saturated heterocycles. The summed E-state index contributed by atoms with van der Waals surface area (Å²) in [7, 11) is 0. The van der Waals surface area contributed by atoms with Crippen LogP contribution in [-0.2, 0) is 23.8 Å². The number of carbonyl (C=O) groups excluding carboxylic acids is 2. The first-order valence-electron chi connectivity index (χ1n) is 32.3. The monoisotopic (exact) mass is 1080 g/mol. The Balaban J connectivity index is 2.61. The Labute approximate surface area is 466 Å². The standard InChI is InChI=1S/C65H121NO10/c1-4-7-10-13-16-19-22-25-26-27-28-29-30-31-32-33-34-35-38-41-44-47-50-53-60(70)76-63-62(72)61(71)59(54-67)75-65(63)74-55-56(57(68)51-48-45-42-39-36-23-20-17-14-11-8-5-2)66-64(73)58(69)52-49-46-43-40-37-24-21-18-15-12-9-6-3/h37,40,46,48-49,51,56-59,61-63,65,67-69,71-72H,4-36,38-39,41-45,47,50,52-55H2,1-3H3,(H,66,73)/b40-37-,49-46+,51-48+. The van der Waals surface area contributed by atoms with Crippen molar-refractivity contribution in [3.05, 3.63) is 36.5 Å². The third-order valence-electron chi connectivity index (χ3n) is 15.3. The average Bonchev–Trinajstić information content (AvgIpc) is 3.42. The molecule has 0 aromatic carbocycles. The molecular weight excluding hydrogens is 955 g/mol. The van der Waals surface area contributed by atoms with Crippen LogP contribution in [0.1, 0.15) is 303 Å². The van der Waals surface area contributed by atoms with E-state index in [1.165, 1.54) is 212 Å². The van der Waals surface area contributed by atoms with Gasteiger partial charge in [-0.3, -0.25) is 9.59 Å². The number of unbranched alkanes of at least 4 members (excludes halogenated alkanes) is 38. The summed E-state index contributed by atoms with van der Waals surface area (Å²) in [6.07, 6.45) is 53.6. The van der Waals surface area contributed by atoms with Crippen LogP contribution in [0.2, 0.25) is 0 Å². The minimum Gasteiger partial charge on any atom is -0.454 e. The smallest absolute Gasteiger partial charge is 0.306 e. The Bertz CT molecular complexity index is 1380. The third-order valence-corrected chi connectivity index (χ3v) is 15.3. The molecule has 11 nitrogen and oxygen atoms in total. The van der Waals surface area contributed by atoms with E-state index in [0.29, 0.717) is 12.8 Å². The van der Waals surface area contributed by atoms with Gasteiger partial charge >= 0.3 is 5.97 Å². The molecular formula is C65H121NO10. The molecule has 1 heterocycles. The molecule has 0 aromatic heterocycles. The maximum absolute atomic E-state index is 13.3. The molecule has 1 fully saturated rings. The molecule has 446 valence electrons. The molecule has 6 N–H and O–H groups in total. The predicted molar refractivity (Wildman–Crippen MR) is 315 cm³/mol. The van der Waals surface area contributed by atoms with E-state index >= 15 is 0 Å². The number of aliphatic hydroxyl groups excluding tert-OH is 5. The van der Waals surface area contributed by atoms with Gasteiger partial charge in [0.15, 0.2) is 12.4 Å². The molecule has 0 spiro atoms. The second-order valence-corrected chi connectivity index (χ2v) is 22.5. The number of esters is 1. The number of amides is 1. The summed E-state index contributed by atoms with van der Waals surface area (Å²) in [5.74, 6) is -1.26. The van der Waals surface area contributed by atoms with E-state index in [1.54, 1.807) is 12.2 Å². The molecule has 0 aliphatic carbocycles. The summed E-state index contributed by atoms with van der Waals surface area (Å²) in [6.45, 7) is 5.76. The lowest BCUT2D eigenvalue weighted by atomic mass is 9.99. The molecule has 1 rings (SSSR count). The number of carbonyl (C=O) groups is 2. The van der Waals surface area contributed by atoms with Gasteiger partial charge in [0.05, 0.1) is 25.4 Å². The van der Waals surface area contributed by atoms with Crippen molar-refractivity contribution in [1.29, 1.82) is 0 Å². The van der Waals surface area contributed by atoms with Crippen molar-refractivity contribution in [3.8, 4) is 0 Å². The van der Waals surface area contributed by atoms with Crippen molar-refractivity contribution in [1.82, 2.24) is 5.32 Å². The molecule has 1 aliphatic rings. The molecule has 8 unspecified atom stereocenters. The number of rotatable bonds is 55. The van der Waals surface area contributed by atoms with Crippen molar-refractivity contribution in [3.63, 3.8) is 0 Å². The maximum Gasteiger partial charge on any atom is 0.306 e. The molecule has 1 amide bonds. The van der Waals surface area contributed by atoms with Crippen molar-refractivity contribution in [2.75, 3.05) is 13.2 Å². The van der Waals surface area contributed by atoms with Crippen LogP contribution in [0.4, 0.5) is 0 Å². The van der Waals surface area contributed by atoms with Crippen LogP contribution in [0.15, 0.2) is 36.5 Å². The van der Waals surface area contributed by atoms with Crippen LogP contribution in [0, 0.1) is 0 Å². The largest absolute Gasteiger partial charge is 0.454 e. The van der Waals surface area contributed by atoms with Gasteiger partial charge in [0, 0.05) is 12.8 Å². The number of ether oxygens (including phenoxy) is 3. The zero-order valence-electron chi connectivity index (χ0n) is 49.4. The fourth-order valence-corrected chi connectivity index (χ4v) is 10.2. The van der Waals surface area contributed by atoms with Gasteiger partial charge < -0.3 is 45.1 Å². The molecule has 76 heavy (non-hydrogen) atoms. The van der Waals surface area contributed by atoms with Gasteiger partial charge in [-0.2, -0.15) is 0 Å². The minimum atomic E-state index is -1.62. The molecule has 0 bridgehead atoms. The van der Waals surface area contributed by atoms with Gasteiger partial charge in [-0.25, -0.2) is 0 Å². The number of allylic oxidation sites excluding steroid dienone is 4. The average molecular weight is 1080 g/mol. The first-order chi connectivity index (χ1) is 37.2. The normalized spacial score (nSPS) is 19.3. The zero-order chi connectivity index (χ0) is 55.4. The van der Waals surface area contributed by atoms with E-state index in [9.17, 15) is 35.1 Å². The highest BCUT2D eigenvalue weighted by Crippen LogP contribution is 2.26. The first-order valence-corrected chi connectivity index (χ1v) is 32.3. The number of hydrogen-bond donors (Lipinski definition) is 6. The number of nitrogens with one attached hydrogen (secondary N) is 1. The topological polar surface area (TPSA) is 175 Å². The Morgan fingerprint density at radius 1 is 0.513 bits per heavy atom. The van der Waals surface area contributed by atoms with Crippen LogP contribution < -0.4 is 5.32 Å². The van der Waals surface area contributed by atoms with E-state index in [1.807, 2.05) is 12.2 Å². The van der Waals surface area contributed by atoms with Crippen LogP contribution >= 0.6 is 0 Å². The molecule has 0 saturated carbocycles. The summed E-state index contributed by atoms with van der Waals surface area (Å²) >= 11 is 0. The minimum absolute atomic E-state index is 0.0843. The molecule has 8 atom stereocenters. The van der Waals surface area contributed by atoms with E-state index < -0.39 is 67.4 Å². The predicted octanol–water partition coefficient (Wildman–Crippen LogP) is 15.5. The summed E-state index contributed by atoms with van der Waals surface area (Å²) in [5.41, 5.74) is 0. The van der Waals surface area contributed by atoms with Crippen LogP contribution in [0.25, 0.3) is 0 Å². The van der Waals surface area contributed by atoms with Gasteiger partial charge in [-0.1, -0.05) is 288 Å². The van der Waals surface area contributed by atoms with E-state index in [4.69, 9.17) is 14.2 Å². The summed E-state index contributed by atoms with van der Waals surface area (Å²) in [6, 6.07) is -1.05. The highest BCUT2D eigenvalue weighted by atomic mass is 16.7. The summed E-state index contributed by atoms with van der Waals surface area (Å²) in [5, 5.41) is 56.8. The lowest BCUT2D eigenvalue weighted by Crippen LogP contribution is -2.61. The van der Waals surface area contributed by atoms with E-state index in [0.717, 1.165) is 44.9 Å². The van der Waals surface area contributed by atoms with Gasteiger partial charge in [-0.05, 0) is 38.5 Å². The van der Waals surface area contributed by atoms with E-state index in [-0.39, 0.29) is 19.4 Å². The zero-order valence-corrected chi connectivity index (χ0v) is 49.4. The Morgan fingerprint density at radius 3 is 1.34 bits per heavy atom. The third kappa shape index (κ3) is 41.0. The van der Waals surface area contributed by atoms with Crippen LogP contribution in [0.5, 0.6) is 0 Å². The molecule has 0 radical (unpaired) electrons. The summed E-state index contributed by atoms with van der Waals surface area (Å²) < 4.78 is 17.6. The van der Waals surface area contributed by atoms with Crippen molar-refractivity contribution in [2.24, 2.45) is 0 Å².